The molecule has 19 heavy (non-hydrogen) atoms. The molecule has 0 aromatic rings. The van der Waals surface area contributed by atoms with Crippen LogP contribution in [-0.2, 0) is 0 Å². The predicted octanol–water partition coefficient (Wildman–Crippen LogP) is 5.80. The number of nitrogens with zero attached hydrogens (tertiary/aromatic N) is 1. The molecule has 0 atom stereocenters. The van der Waals surface area contributed by atoms with E-state index in [2.05, 4.69) is 74.1 Å². The van der Waals surface area contributed by atoms with Crippen LogP contribution >= 0.6 is 0 Å². The summed E-state index contributed by atoms with van der Waals surface area (Å²) in [7, 11) is 0. The Morgan fingerprint density at radius 2 is 1.37 bits per heavy atom. The molecule has 0 spiro atoms. The van der Waals surface area contributed by atoms with E-state index in [1.54, 1.807) is 0 Å². The van der Waals surface area contributed by atoms with Gasteiger partial charge in [0.2, 0.25) is 0 Å². The Morgan fingerprint density at radius 1 is 0.842 bits per heavy atom. The van der Waals surface area contributed by atoms with E-state index < -0.39 is 0 Å². The van der Waals surface area contributed by atoms with Gasteiger partial charge in [-0.15, -0.1) is 0 Å². The molecule has 0 rings (SSSR count). The molecule has 0 fully saturated rings. The first kappa shape index (κ1) is 17.9. The van der Waals surface area contributed by atoms with Gasteiger partial charge in [-0.05, 0) is 43.3 Å². The average Bonchev–Trinajstić information content (AvgIpc) is 2.27. The Balaban J connectivity index is 5.26. The maximum Gasteiger partial charge on any atom is 0.0431 e. The van der Waals surface area contributed by atoms with E-state index >= 15 is 0 Å². The monoisotopic (exact) mass is 261 g/mol. The molecule has 1 nitrogen and oxygen atoms in total. The van der Waals surface area contributed by atoms with E-state index in [-0.39, 0.29) is 0 Å². The summed E-state index contributed by atoms with van der Waals surface area (Å²) in [6.45, 7) is 21.4. The van der Waals surface area contributed by atoms with E-state index in [1.165, 1.54) is 16.9 Å². The zero-order chi connectivity index (χ0) is 15.2. The molecule has 0 aliphatic rings. The lowest BCUT2D eigenvalue weighted by atomic mass is 10.0. The van der Waals surface area contributed by atoms with Crippen LogP contribution in [0.2, 0.25) is 0 Å². The number of allylic oxidation sites excluding steroid dienone is 5. The van der Waals surface area contributed by atoms with Gasteiger partial charge >= 0.3 is 0 Å². The maximum atomic E-state index is 4.77. The second-order valence-electron chi connectivity index (χ2n) is 6.25. The van der Waals surface area contributed by atoms with Crippen LogP contribution in [0.5, 0.6) is 0 Å². The molecule has 0 saturated carbocycles. The van der Waals surface area contributed by atoms with Crippen molar-refractivity contribution in [2.75, 3.05) is 0 Å². The summed E-state index contributed by atoms with van der Waals surface area (Å²) < 4.78 is 0. The molecule has 0 unspecified atom stereocenters. The molecule has 0 heterocycles. The van der Waals surface area contributed by atoms with Crippen molar-refractivity contribution < 1.29 is 0 Å². The first-order chi connectivity index (χ1) is 8.65. The molecule has 0 amide bonds. The third kappa shape index (κ3) is 7.15. The van der Waals surface area contributed by atoms with Crippen molar-refractivity contribution in [1.82, 2.24) is 0 Å². The highest BCUT2D eigenvalue weighted by molar-refractivity contribution is 5.84. The predicted molar refractivity (Wildman–Crippen MR) is 88.6 cm³/mol. The number of aliphatic imine (C=N–C) groups is 1. The van der Waals surface area contributed by atoms with Crippen LogP contribution < -0.4 is 0 Å². The fourth-order valence-corrected chi connectivity index (χ4v) is 1.39. The average molecular weight is 261 g/mol. The molecule has 1 heteroatoms. The van der Waals surface area contributed by atoms with Gasteiger partial charge in [-0.1, -0.05) is 59.8 Å². The molecule has 0 aromatic carbocycles. The van der Waals surface area contributed by atoms with Crippen LogP contribution in [0, 0.1) is 17.8 Å². The van der Waals surface area contributed by atoms with Crippen molar-refractivity contribution >= 4 is 5.71 Å². The van der Waals surface area contributed by atoms with Gasteiger partial charge in [0.1, 0.15) is 0 Å². The minimum absolute atomic E-state index is 0.435. The standard InChI is InChI=1S/C18H31N/c1-12(2)16(8)10-15(7)11-18(14(5)6)19-17(9)13(3)4/h10-14H,8H2,1-7,9H3/b15-10+,18-11-,19-17?. The van der Waals surface area contributed by atoms with Gasteiger partial charge in [0, 0.05) is 11.4 Å². The summed E-state index contributed by atoms with van der Waals surface area (Å²) >= 11 is 0. The van der Waals surface area contributed by atoms with Crippen LogP contribution in [0.1, 0.15) is 55.4 Å². The Kier molecular flexibility index (Phi) is 7.66. The fourth-order valence-electron chi connectivity index (χ4n) is 1.39. The van der Waals surface area contributed by atoms with Crippen molar-refractivity contribution in [3.05, 3.63) is 35.6 Å². The van der Waals surface area contributed by atoms with E-state index in [1.807, 2.05) is 0 Å². The number of hydrogen-bond acceptors (Lipinski definition) is 1. The largest absolute Gasteiger partial charge is 0.262 e. The normalized spacial score (nSPS) is 14.8. The molecule has 0 aliphatic carbocycles. The van der Waals surface area contributed by atoms with Crippen molar-refractivity contribution in [3.63, 3.8) is 0 Å². The summed E-state index contributed by atoms with van der Waals surface area (Å²) in [5, 5.41) is 0. The van der Waals surface area contributed by atoms with Gasteiger partial charge < -0.3 is 0 Å². The smallest absolute Gasteiger partial charge is 0.0431 e. The number of hydrogen-bond donors (Lipinski definition) is 0. The lowest BCUT2D eigenvalue weighted by Gasteiger charge is -2.11. The molecule has 0 N–H and O–H groups in total. The molecule has 0 saturated heterocycles. The first-order valence-electron chi connectivity index (χ1n) is 7.29. The highest BCUT2D eigenvalue weighted by atomic mass is 14.8. The van der Waals surface area contributed by atoms with Crippen molar-refractivity contribution in [3.8, 4) is 0 Å². The van der Waals surface area contributed by atoms with Gasteiger partial charge in [-0.2, -0.15) is 0 Å². The number of rotatable bonds is 6. The van der Waals surface area contributed by atoms with Crippen molar-refractivity contribution in [2.24, 2.45) is 22.7 Å². The molecule has 0 aromatic heterocycles. The molecular weight excluding hydrogens is 230 g/mol. The highest BCUT2D eigenvalue weighted by Crippen LogP contribution is 2.18. The van der Waals surface area contributed by atoms with E-state index in [9.17, 15) is 0 Å². The second-order valence-corrected chi connectivity index (χ2v) is 6.25. The van der Waals surface area contributed by atoms with Crippen LogP contribution in [-0.4, -0.2) is 5.71 Å². The minimum atomic E-state index is 0.435. The molecule has 0 radical (unpaired) electrons. The summed E-state index contributed by atoms with van der Waals surface area (Å²) in [4.78, 5) is 4.77. The summed E-state index contributed by atoms with van der Waals surface area (Å²) in [6.07, 6.45) is 4.34. The Bertz CT molecular complexity index is 390. The lowest BCUT2D eigenvalue weighted by molar-refractivity contribution is 0.749. The first-order valence-corrected chi connectivity index (χ1v) is 7.29. The fraction of sp³-hybridized carbons (Fsp3) is 0.611. The Morgan fingerprint density at radius 3 is 1.74 bits per heavy atom. The third-order valence-corrected chi connectivity index (χ3v) is 3.26. The minimum Gasteiger partial charge on any atom is -0.262 e. The van der Waals surface area contributed by atoms with E-state index in [0.29, 0.717) is 17.8 Å². The van der Waals surface area contributed by atoms with Crippen LogP contribution in [0.15, 0.2) is 40.6 Å². The van der Waals surface area contributed by atoms with Crippen LogP contribution in [0.25, 0.3) is 0 Å². The van der Waals surface area contributed by atoms with Gasteiger partial charge in [-0.25, -0.2) is 0 Å². The maximum absolute atomic E-state index is 4.77. The van der Waals surface area contributed by atoms with E-state index in [4.69, 9.17) is 4.99 Å². The summed E-state index contributed by atoms with van der Waals surface area (Å²) in [5.41, 5.74) is 4.73. The summed E-state index contributed by atoms with van der Waals surface area (Å²) in [6, 6.07) is 0. The Hall–Kier alpha value is -1.11. The van der Waals surface area contributed by atoms with Gasteiger partial charge in [0.25, 0.3) is 0 Å². The van der Waals surface area contributed by atoms with Crippen molar-refractivity contribution in [1.29, 1.82) is 0 Å². The van der Waals surface area contributed by atoms with Gasteiger partial charge in [0.15, 0.2) is 0 Å². The topological polar surface area (TPSA) is 12.4 Å². The quantitative estimate of drug-likeness (QED) is 0.423. The molecular formula is C18H31N. The second kappa shape index (κ2) is 8.14. The SMILES string of the molecule is C=C(/C=C(C)/C=C(\N=C(C)C(C)C)C(C)C)C(C)C. The van der Waals surface area contributed by atoms with Crippen LogP contribution in [0.3, 0.4) is 0 Å². The third-order valence-electron chi connectivity index (χ3n) is 3.26. The summed E-state index contributed by atoms with van der Waals surface area (Å²) in [5.74, 6) is 1.42. The van der Waals surface area contributed by atoms with Crippen LogP contribution in [0.4, 0.5) is 0 Å². The highest BCUT2D eigenvalue weighted by Gasteiger charge is 2.05. The molecule has 0 bridgehead atoms. The van der Waals surface area contributed by atoms with Crippen molar-refractivity contribution in [2.45, 2.75) is 55.4 Å². The zero-order valence-corrected chi connectivity index (χ0v) is 14.0. The zero-order valence-electron chi connectivity index (χ0n) is 14.0. The van der Waals surface area contributed by atoms with Gasteiger partial charge in [-0.3, -0.25) is 4.99 Å². The Labute approximate surface area is 120 Å². The molecule has 108 valence electrons. The van der Waals surface area contributed by atoms with Gasteiger partial charge in [0.05, 0.1) is 0 Å². The lowest BCUT2D eigenvalue weighted by Crippen LogP contribution is -2.04. The molecule has 0 aliphatic heterocycles. The van der Waals surface area contributed by atoms with E-state index in [0.717, 1.165) is 5.70 Å².